The lowest BCUT2D eigenvalue weighted by Gasteiger charge is -2.36. The maximum absolute atomic E-state index is 6.24. The molecule has 0 radical (unpaired) electrons. The number of hydrogen-bond acceptors (Lipinski definition) is 3. The molecular formula is C21H17ClN4. The first-order valence-corrected chi connectivity index (χ1v) is 8.71. The van der Waals surface area contributed by atoms with E-state index in [9.17, 15) is 0 Å². The molecule has 0 aliphatic rings. The third-order valence-corrected chi connectivity index (χ3v) is 4.92. The number of hydrogen-bond donors (Lipinski definition) is 0. The number of allylic oxidation sites excluding steroid dienone is 1. The van der Waals surface area contributed by atoms with Gasteiger partial charge in [0.05, 0.1) is 6.33 Å². The topological polar surface area (TPSA) is 43.6 Å². The summed E-state index contributed by atoms with van der Waals surface area (Å²) in [5.41, 5.74) is 3.01. The number of fused-ring (bicyclic) bond motifs is 1. The van der Waals surface area contributed by atoms with E-state index in [1.807, 2.05) is 42.5 Å². The van der Waals surface area contributed by atoms with Crippen LogP contribution < -0.4 is 0 Å². The highest BCUT2D eigenvalue weighted by molar-refractivity contribution is 6.33. The van der Waals surface area contributed by atoms with Crippen molar-refractivity contribution in [3.8, 4) is 0 Å². The molecule has 2 aromatic heterocycles. The van der Waals surface area contributed by atoms with Crippen LogP contribution >= 0.6 is 11.6 Å². The Labute approximate surface area is 156 Å². The lowest BCUT2D eigenvalue weighted by Crippen LogP contribution is -2.35. The van der Waals surface area contributed by atoms with Crippen LogP contribution in [0.3, 0.4) is 0 Å². The second kappa shape index (κ2) is 6.73. The molecular weight excluding hydrogens is 344 g/mol. The Morgan fingerprint density at radius 1 is 0.923 bits per heavy atom. The van der Waals surface area contributed by atoms with E-state index in [1.54, 1.807) is 6.33 Å². The van der Waals surface area contributed by atoms with Crippen LogP contribution in [-0.2, 0) is 5.54 Å². The van der Waals surface area contributed by atoms with Crippen LogP contribution in [0, 0.1) is 0 Å². The number of imidazole rings is 1. The Kier molecular flexibility index (Phi) is 4.27. The molecule has 0 aliphatic carbocycles. The van der Waals surface area contributed by atoms with Crippen LogP contribution in [0.1, 0.15) is 17.5 Å². The van der Waals surface area contributed by atoms with Crippen LogP contribution in [0.2, 0.25) is 5.15 Å². The largest absolute Gasteiger partial charge is 0.300 e. The van der Waals surface area contributed by atoms with Crippen molar-refractivity contribution in [1.29, 1.82) is 0 Å². The summed E-state index contributed by atoms with van der Waals surface area (Å²) in [4.78, 5) is 13.0. The summed E-state index contributed by atoms with van der Waals surface area (Å²) in [5, 5.41) is 0.349. The molecule has 4 aromatic rings. The van der Waals surface area contributed by atoms with Gasteiger partial charge in [0.15, 0.2) is 10.8 Å². The third-order valence-electron chi connectivity index (χ3n) is 4.64. The van der Waals surface area contributed by atoms with Gasteiger partial charge in [-0.1, -0.05) is 78.3 Å². The minimum Gasteiger partial charge on any atom is -0.300 e. The summed E-state index contributed by atoms with van der Waals surface area (Å²) >= 11 is 6.24. The fraction of sp³-hybridized carbons (Fsp3) is 0.0952. The summed E-state index contributed by atoms with van der Waals surface area (Å²) in [5.74, 6) is 0. The number of aromatic nitrogens is 4. The molecule has 0 unspecified atom stereocenters. The summed E-state index contributed by atoms with van der Waals surface area (Å²) in [7, 11) is 0. The van der Waals surface area contributed by atoms with Gasteiger partial charge in [-0.15, -0.1) is 6.58 Å². The van der Waals surface area contributed by atoms with E-state index < -0.39 is 5.54 Å². The zero-order valence-electron chi connectivity index (χ0n) is 14.1. The minimum absolute atomic E-state index is 0.349. The zero-order valence-corrected chi connectivity index (χ0v) is 14.8. The van der Waals surface area contributed by atoms with Gasteiger partial charge in [-0.05, 0) is 17.5 Å². The molecule has 4 rings (SSSR count). The number of rotatable bonds is 5. The van der Waals surface area contributed by atoms with Gasteiger partial charge in [0.1, 0.15) is 17.4 Å². The predicted octanol–water partition coefficient (Wildman–Crippen LogP) is 4.85. The highest BCUT2D eigenvalue weighted by Crippen LogP contribution is 2.39. The highest BCUT2D eigenvalue weighted by Gasteiger charge is 2.36. The monoisotopic (exact) mass is 360 g/mol. The summed E-state index contributed by atoms with van der Waals surface area (Å²) in [6.45, 7) is 4.01. The molecule has 128 valence electrons. The summed E-state index contributed by atoms with van der Waals surface area (Å²) in [6, 6.07) is 20.6. The van der Waals surface area contributed by atoms with Crippen molar-refractivity contribution in [3.63, 3.8) is 0 Å². The maximum atomic E-state index is 6.24. The third kappa shape index (κ3) is 2.50. The lowest BCUT2D eigenvalue weighted by molar-refractivity contribution is 0.444. The Balaban J connectivity index is 2.11. The van der Waals surface area contributed by atoms with Gasteiger partial charge in [0.2, 0.25) is 0 Å². The van der Waals surface area contributed by atoms with Gasteiger partial charge >= 0.3 is 0 Å². The van der Waals surface area contributed by atoms with E-state index in [1.165, 1.54) is 6.33 Å². The number of benzene rings is 2. The molecule has 0 atom stereocenters. The van der Waals surface area contributed by atoms with Gasteiger partial charge in [-0.3, -0.25) is 0 Å². The molecule has 0 N–H and O–H groups in total. The van der Waals surface area contributed by atoms with Gasteiger partial charge < -0.3 is 4.57 Å². The quantitative estimate of drug-likeness (QED) is 0.377. The first-order valence-electron chi connectivity index (χ1n) is 8.33. The molecule has 2 heterocycles. The molecule has 4 nitrogen and oxygen atoms in total. The molecule has 0 spiro atoms. The van der Waals surface area contributed by atoms with Gasteiger partial charge in [-0.2, -0.15) is 0 Å². The van der Waals surface area contributed by atoms with E-state index in [-0.39, 0.29) is 0 Å². The average molecular weight is 361 g/mol. The fourth-order valence-corrected chi connectivity index (χ4v) is 3.68. The molecule has 0 bridgehead atoms. The predicted molar refractivity (Wildman–Crippen MR) is 104 cm³/mol. The molecule has 2 aromatic carbocycles. The van der Waals surface area contributed by atoms with Crippen LogP contribution in [-0.4, -0.2) is 19.5 Å². The smallest absolute Gasteiger partial charge is 0.165 e. The van der Waals surface area contributed by atoms with Gasteiger partial charge in [0.25, 0.3) is 0 Å². The van der Waals surface area contributed by atoms with Crippen molar-refractivity contribution in [2.75, 3.05) is 0 Å². The number of halogens is 1. The SMILES string of the molecule is C=CCC(c1ccccc1)(c1ccccc1)n1cnc2c(Cl)ncnc21. The average Bonchev–Trinajstić information content (AvgIpc) is 3.13. The Bertz CT molecular complexity index is 1000. The van der Waals surface area contributed by atoms with E-state index >= 15 is 0 Å². The van der Waals surface area contributed by atoms with Crippen molar-refractivity contribution < 1.29 is 0 Å². The maximum Gasteiger partial charge on any atom is 0.165 e. The van der Waals surface area contributed by atoms with Crippen LogP contribution in [0.4, 0.5) is 0 Å². The van der Waals surface area contributed by atoms with Gasteiger partial charge in [-0.25, -0.2) is 15.0 Å². The summed E-state index contributed by atoms with van der Waals surface area (Å²) < 4.78 is 2.07. The van der Waals surface area contributed by atoms with Crippen molar-refractivity contribution in [1.82, 2.24) is 19.5 Å². The van der Waals surface area contributed by atoms with Crippen molar-refractivity contribution in [2.24, 2.45) is 0 Å². The Morgan fingerprint density at radius 2 is 1.54 bits per heavy atom. The first-order chi connectivity index (χ1) is 12.8. The van der Waals surface area contributed by atoms with Crippen LogP contribution in [0.25, 0.3) is 11.2 Å². The molecule has 0 aliphatic heterocycles. The molecule has 0 fully saturated rings. The second-order valence-corrected chi connectivity index (χ2v) is 6.39. The first kappa shape index (κ1) is 16.5. The minimum atomic E-state index is -0.531. The number of nitrogens with zero attached hydrogens (tertiary/aromatic N) is 4. The molecule has 26 heavy (non-hydrogen) atoms. The second-order valence-electron chi connectivity index (χ2n) is 6.04. The molecule has 0 saturated heterocycles. The molecule has 5 heteroatoms. The molecule has 0 saturated carbocycles. The van der Waals surface area contributed by atoms with E-state index in [4.69, 9.17) is 11.6 Å². The van der Waals surface area contributed by atoms with E-state index in [2.05, 4.69) is 50.4 Å². The highest BCUT2D eigenvalue weighted by atomic mass is 35.5. The van der Waals surface area contributed by atoms with Crippen molar-refractivity contribution in [2.45, 2.75) is 12.0 Å². The van der Waals surface area contributed by atoms with Crippen molar-refractivity contribution >= 4 is 22.8 Å². The van der Waals surface area contributed by atoms with E-state index in [0.29, 0.717) is 22.7 Å². The Hall–Kier alpha value is -2.98. The zero-order chi connectivity index (χ0) is 18.0. The van der Waals surface area contributed by atoms with Crippen molar-refractivity contribution in [3.05, 3.63) is 102 Å². The van der Waals surface area contributed by atoms with Crippen LogP contribution in [0.15, 0.2) is 86.0 Å². The van der Waals surface area contributed by atoms with Gasteiger partial charge in [0, 0.05) is 0 Å². The Morgan fingerprint density at radius 3 is 2.12 bits per heavy atom. The fourth-order valence-electron chi connectivity index (χ4n) is 3.50. The van der Waals surface area contributed by atoms with Crippen LogP contribution in [0.5, 0.6) is 0 Å². The standard InChI is InChI=1S/C21H17ClN4/c1-2-13-21(16-9-5-3-6-10-16,17-11-7-4-8-12-17)26-15-25-18-19(22)23-14-24-20(18)26/h2-12,14-15H,1,13H2. The summed E-state index contributed by atoms with van der Waals surface area (Å²) in [6.07, 6.45) is 5.86. The van der Waals surface area contributed by atoms with E-state index in [0.717, 1.165) is 11.1 Å². The normalized spacial score (nSPS) is 11.6. The lowest BCUT2D eigenvalue weighted by atomic mass is 9.79. The molecule has 0 amide bonds.